The average Bonchev–Trinajstić information content (AvgIpc) is 3.16. The highest BCUT2D eigenvalue weighted by molar-refractivity contribution is 6.30. The second-order valence-electron chi connectivity index (χ2n) is 10.8. The minimum absolute atomic E-state index is 0.0789. The van der Waals surface area contributed by atoms with Crippen LogP contribution in [0.15, 0.2) is 35.6 Å². The molecule has 6 nitrogen and oxygen atoms in total. The molecule has 188 valence electrons. The van der Waals surface area contributed by atoms with E-state index >= 15 is 0 Å². The Balaban J connectivity index is 1.09. The summed E-state index contributed by atoms with van der Waals surface area (Å²) in [5.41, 5.74) is 1.16. The van der Waals surface area contributed by atoms with Gasteiger partial charge in [0, 0.05) is 19.2 Å². The average molecular weight is 501 g/mol. The number of aromatic nitrogens is 2. The SMILES string of the molecule is CC1CN=C(Cc2ccc(OCC[C@]3(C)C[C@]3(C)C3CCN(c4ncc(Cl)cn4)CC3)cc2F)O1. The number of piperidine rings is 1. The fraction of sp³-hybridized carbons (Fsp3) is 0.593. The van der Waals surface area contributed by atoms with E-state index in [9.17, 15) is 4.39 Å². The van der Waals surface area contributed by atoms with Crippen molar-refractivity contribution in [2.75, 3.05) is 31.1 Å². The lowest BCUT2D eigenvalue weighted by atomic mass is 9.77. The van der Waals surface area contributed by atoms with Crippen LogP contribution in [0.5, 0.6) is 5.75 Å². The maximum Gasteiger partial charge on any atom is 0.225 e. The van der Waals surface area contributed by atoms with Crippen LogP contribution >= 0.6 is 11.6 Å². The number of rotatable bonds is 8. The predicted octanol–water partition coefficient (Wildman–Crippen LogP) is 5.73. The Labute approximate surface area is 211 Å². The van der Waals surface area contributed by atoms with Crippen LogP contribution in [0.4, 0.5) is 10.3 Å². The molecule has 1 saturated carbocycles. The highest BCUT2D eigenvalue weighted by Crippen LogP contribution is 2.70. The molecule has 1 aromatic heterocycles. The van der Waals surface area contributed by atoms with E-state index in [1.807, 2.05) is 13.0 Å². The van der Waals surface area contributed by atoms with Gasteiger partial charge in [-0.2, -0.15) is 0 Å². The summed E-state index contributed by atoms with van der Waals surface area (Å²) in [4.78, 5) is 15.3. The van der Waals surface area contributed by atoms with E-state index in [1.54, 1.807) is 18.5 Å². The lowest BCUT2D eigenvalue weighted by molar-refractivity contribution is 0.185. The second-order valence-corrected chi connectivity index (χ2v) is 11.2. The summed E-state index contributed by atoms with van der Waals surface area (Å²) in [7, 11) is 0. The van der Waals surface area contributed by atoms with Crippen LogP contribution in [0, 0.1) is 22.6 Å². The van der Waals surface area contributed by atoms with Crippen LogP contribution in [0.3, 0.4) is 0 Å². The number of anilines is 1. The summed E-state index contributed by atoms with van der Waals surface area (Å²) in [6, 6.07) is 5.11. The number of hydrogen-bond acceptors (Lipinski definition) is 6. The number of nitrogens with zero attached hydrogens (tertiary/aromatic N) is 4. The van der Waals surface area contributed by atoms with Gasteiger partial charge < -0.3 is 14.4 Å². The quantitative estimate of drug-likeness (QED) is 0.463. The molecule has 2 aliphatic heterocycles. The van der Waals surface area contributed by atoms with Crippen LogP contribution in [0.25, 0.3) is 0 Å². The molecule has 0 radical (unpaired) electrons. The topological polar surface area (TPSA) is 59.8 Å². The number of halogens is 2. The molecule has 0 N–H and O–H groups in total. The standard InChI is InChI=1S/C27H34ClFN4O2/c1-18-14-30-24(35-18)12-19-4-5-22(13-23(19)29)34-11-8-26(2)17-27(26,3)20-6-9-33(10-7-20)25-31-15-21(28)16-32-25/h4-5,13,15-16,18,20H,6-12,14,17H2,1-3H3/t18?,26-,27-/m1/s1. The van der Waals surface area contributed by atoms with Crippen molar-refractivity contribution in [2.45, 2.75) is 59.0 Å². The van der Waals surface area contributed by atoms with Crippen LogP contribution in [-0.2, 0) is 11.2 Å². The zero-order chi connectivity index (χ0) is 24.6. The smallest absolute Gasteiger partial charge is 0.225 e. The van der Waals surface area contributed by atoms with Gasteiger partial charge in [-0.3, -0.25) is 4.99 Å². The summed E-state index contributed by atoms with van der Waals surface area (Å²) >= 11 is 5.92. The molecule has 3 atom stereocenters. The second kappa shape index (κ2) is 9.57. The molecule has 3 heterocycles. The van der Waals surface area contributed by atoms with Crippen LogP contribution in [0.2, 0.25) is 5.02 Å². The Morgan fingerprint density at radius 2 is 1.94 bits per heavy atom. The molecule has 8 heteroatoms. The molecule has 2 aromatic rings. The third kappa shape index (κ3) is 5.11. The van der Waals surface area contributed by atoms with Gasteiger partial charge in [-0.15, -0.1) is 0 Å². The summed E-state index contributed by atoms with van der Waals surface area (Å²) in [5, 5.41) is 0.564. The van der Waals surface area contributed by atoms with Gasteiger partial charge in [-0.05, 0) is 61.0 Å². The molecular weight excluding hydrogens is 467 g/mol. The van der Waals surface area contributed by atoms with Crippen molar-refractivity contribution in [1.29, 1.82) is 0 Å². The monoisotopic (exact) mass is 500 g/mol. The van der Waals surface area contributed by atoms with E-state index in [-0.39, 0.29) is 17.3 Å². The first-order chi connectivity index (χ1) is 16.8. The van der Waals surface area contributed by atoms with E-state index < -0.39 is 0 Å². The third-order valence-electron chi connectivity index (χ3n) is 8.45. The predicted molar refractivity (Wildman–Crippen MR) is 136 cm³/mol. The van der Waals surface area contributed by atoms with Gasteiger partial charge in [0.15, 0.2) is 5.90 Å². The molecule has 1 unspecified atom stereocenters. The molecule has 5 rings (SSSR count). The molecule has 0 spiro atoms. The van der Waals surface area contributed by atoms with Crippen molar-refractivity contribution in [3.8, 4) is 5.75 Å². The fourth-order valence-electron chi connectivity index (χ4n) is 5.92. The van der Waals surface area contributed by atoms with Crippen LogP contribution in [-0.4, -0.2) is 48.2 Å². The lowest BCUT2D eigenvalue weighted by Gasteiger charge is -2.37. The summed E-state index contributed by atoms with van der Waals surface area (Å²) in [6.07, 6.45) is 8.24. The van der Waals surface area contributed by atoms with Gasteiger partial charge in [0.2, 0.25) is 5.95 Å². The summed E-state index contributed by atoms with van der Waals surface area (Å²) in [6.45, 7) is 9.94. The molecular formula is C27H34ClFN4O2. The van der Waals surface area contributed by atoms with Crippen molar-refractivity contribution in [3.63, 3.8) is 0 Å². The first kappa shape index (κ1) is 24.3. The van der Waals surface area contributed by atoms with Gasteiger partial charge in [-0.25, -0.2) is 14.4 Å². The normalized spacial score (nSPS) is 28.5. The van der Waals surface area contributed by atoms with E-state index in [0.717, 1.165) is 38.3 Å². The minimum atomic E-state index is -0.271. The maximum absolute atomic E-state index is 14.6. The Bertz CT molecular complexity index is 1090. The maximum atomic E-state index is 14.6. The summed E-state index contributed by atoms with van der Waals surface area (Å²) < 4.78 is 26.2. The lowest BCUT2D eigenvalue weighted by Crippen LogP contribution is -2.38. The molecule has 0 amide bonds. The van der Waals surface area contributed by atoms with E-state index in [0.29, 0.717) is 53.1 Å². The Morgan fingerprint density at radius 1 is 1.20 bits per heavy atom. The molecule has 0 bridgehead atoms. The highest BCUT2D eigenvalue weighted by atomic mass is 35.5. The van der Waals surface area contributed by atoms with Gasteiger partial charge in [-0.1, -0.05) is 31.5 Å². The Hall–Kier alpha value is -2.41. The number of benzene rings is 1. The third-order valence-corrected chi connectivity index (χ3v) is 8.64. The number of ether oxygens (including phenoxy) is 2. The molecule has 1 aromatic carbocycles. The highest BCUT2D eigenvalue weighted by Gasteiger charge is 2.63. The molecule has 35 heavy (non-hydrogen) atoms. The first-order valence-electron chi connectivity index (χ1n) is 12.6. The summed E-state index contributed by atoms with van der Waals surface area (Å²) in [5.74, 6) is 2.36. The molecule has 1 saturated heterocycles. The molecule has 1 aliphatic carbocycles. The van der Waals surface area contributed by atoms with E-state index in [4.69, 9.17) is 21.1 Å². The Kier molecular flexibility index (Phi) is 6.64. The van der Waals surface area contributed by atoms with Crippen molar-refractivity contribution in [1.82, 2.24) is 9.97 Å². The minimum Gasteiger partial charge on any atom is -0.493 e. The van der Waals surface area contributed by atoms with Crippen molar-refractivity contribution in [3.05, 3.63) is 47.0 Å². The van der Waals surface area contributed by atoms with Gasteiger partial charge >= 0.3 is 0 Å². The molecule has 3 aliphatic rings. The van der Waals surface area contributed by atoms with Gasteiger partial charge in [0.1, 0.15) is 17.7 Å². The first-order valence-corrected chi connectivity index (χ1v) is 13.0. The van der Waals surface area contributed by atoms with Crippen LogP contribution < -0.4 is 9.64 Å². The largest absolute Gasteiger partial charge is 0.493 e. The van der Waals surface area contributed by atoms with Crippen molar-refractivity contribution < 1.29 is 13.9 Å². The van der Waals surface area contributed by atoms with Gasteiger partial charge in [0.05, 0.1) is 37.0 Å². The molecule has 2 fully saturated rings. The zero-order valence-electron chi connectivity index (χ0n) is 20.8. The van der Waals surface area contributed by atoms with Crippen LogP contribution in [0.1, 0.15) is 52.0 Å². The van der Waals surface area contributed by atoms with Crippen molar-refractivity contribution in [2.24, 2.45) is 21.7 Å². The number of hydrogen-bond donors (Lipinski definition) is 0. The van der Waals surface area contributed by atoms with E-state index in [1.165, 1.54) is 12.5 Å². The van der Waals surface area contributed by atoms with E-state index in [2.05, 4.69) is 33.7 Å². The fourth-order valence-corrected chi connectivity index (χ4v) is 6.01. The van der Waals surface area contributed by atoms with Gasteiger partial charge in [0.25, 0.3) is 0 Å². The zero-order valence-corrected chi connectivity index (χ0v) is 21.5. The Morgan fingerprint density at radius 3 is 2.60 bits per heavy atom. The van der Waals surface area contributed by atoms with Crippen molar-refractivity contribution >= 4 is 23.4 Å². The number of aliphatic imine (C=N–C) groups is 1.